The van der Waals surface area contributed by atoms with Gasteiger partial charge in [-0.15, -0.1) is 0 Å². The number of hydrogen-bond donors (Lipinski definition) is 3. The summed E-state index contributed by atoms with van der Waals surface area (Å²) < 4.78 is 34.9. The number of alkyl halides is 2. The topological polar surface area (TPSA) is 158 Å². The second-order valence-electron chi connectivity index (χ2n) is 8.20. The average molecular weight is 611 g/mol. The Kier molecular flexibility index (Phi) is 9.20. The highest BCUT2D eigenvalue weighted by Crippen LogP contribution is 2.50. The summed E-state index contributed by atoms with van der Waals surface area (Å²) in [6.07, 6.45) is -3.17. The molecular weight excluding hydrogens is 585 g/mol. The van der Waals surface area contributed by atoms with Gasteiger partial charge in [0.2, 0.25) is 0 Å². The first-order valence-electron chi connectivity index (χ1n) is 10.8. The zero-order chi connectivity index (χ0) is 26.7. The van der Waals surface area contributed by atoms with Crippen LogP contribution in [0.4, 0.5) is 0 Å². The molecule has 1 unspecified atom stereocenters. The maximum Gasteiger partial charge on any atom is 0.459 e. The fraction of sp³-hybridized carbons (Fsp3) is 0.476. The Bertz CT molecular complexity index is 1220. The quantitative estimate of drug-likeness (QED) is 0.207. The lowest BCUT2D eigenvalue weighted by molar-refractivity contribution is -0.149. The van der Waals surface area contributed by atoms with Crippen molar-refractivity contribution >= 4 is 41.2 Å². The number of aromatic nitrogens is 2. The molecule has 1 aliphatic rings. The second-order valence-corrected chi connectivity index (χ2v) is 12.3. The summed E-state index contributed by atoms with van der Waals surface area (Å²) in [6, 6.07) is 8.12. The van der Waals surface area contributed by atoms with Crippen LogP contribution >= 0.6 is 35.3 Å². The molecule has 1 aromatic heterocycles. The summed E-state index contributed by atoms with van der Waals surface area (Å²) in [5.41, 5.74) is -1.44. The molecule has 1 aromatic carbocycles. The standard InChI is InChI=1S/C21H26BrClN3O9P/c1-12(2)33-18(29)13(3)25-36(31,35-14-7-5-4-6-8-14)32-11-15-17(28)21(22,23)19(34-15)26-10-9-16(27)24-20(26)30/h4-10,12-13,15,17,19,28H,11H2,1-3H3,(H,25,31)(H,24,27,30)/t13?,15-,17-,19-,21+,36+/m1/s1. The van der Waals surface area contributed by atoms with Crippen molar-refractivity contribution in [2.75, 3.05) is 6.61 Å². The number of halogens is 2. The number of esters is 1. The molecule has 0 amide bonds. The van der Waals surface area contributed by atoms with Crippen LogP contribution in [0.3, 0.4) is 0 Å². The number of nitrogens with zero attached hydrogens (tertiary/aromatic N) is 1. The number of hydrogen-bond acceptors (Lipinski definition) is 9. The average Bonchev–Trinajstić information content (AvgIpc) is 3.01. The molecule has 3 rings (SSSR count). The van der Waals surface area contributed by atoms with Crippen molar-refractivity contribution in [1.82, 2.24) is 14.6 Å². The summed E-state index contributed by atoms with van der Waals surface area (Å²) in [5, 5.41) is 13.3. The number of aliphatic hydroxyl groups is 1. The molecule has 3 N–H and O–H groups in total. The van der Waals surface area contributed by atoms with E-state index in [9.17, 15) is 24.1 Å². The zero-order valence-electron chi connectivity index (χ0n) is 19.5. The highest BCUT2D eigenvalue weighted by Gasteiger charge is 2.55. The third-order valence-corrected chi connectivity index (χ3v) is 7.83. The number of aliphatic hydroxyl groups excluding tert-OH is 1. The lowest BCUT2D eigenvalue weighted by Crippen LogP contribution is -2.41. The Balaban J connectivity index is 1.80. The molecule has 0 aliphatic carbocycles. The lowest BCUT2D eigenvalue weighted by atomic mass is 10.2. The van der Waals surface area contributed by atoms with Crippen molar-refractivity contribution in [3.05, 3.63) is 63.4 Å². The fourth-order valence-corrected chi connectivity index (χ4v) is 5.65. The number of aromatic amines is 1. The van der Waals surface area contributed by atoms with Crippen LogP contribution in [0.5, 0.6) is 5.75 Å². The molecule has 1 saturated heterocycles. The summed E-state index contributed by atoms with van der Waals surface area (Å²) in [5.74, 6) is -0.490. The normalized spacial score (nSPS) is 26.4. The first kappa shape index (κ1) is 28.6. The summed E-state index contributed by atoms with van der Waals surface area (Å²) in [7, 11) is -4.24. The van der Waals surface area contributed by atoms with Gasteiger partial charge in [0.05, 0.1) is 12.7 Å². The first-order valence-corrected chi connectivity index (χ1v) is 13.5. The maximum absolute atomic E-state index is 13.6. The minimum Gasteiger partial charge on any atom is -0.462 e. The highest BCUT2D eigenvalue weighted by molar-refractivity contribution is 9.10. The van der Waals surface area contributed by atoms with Gasteiger partial charge in [-0.25, -0.2) is 9.36 Å². The van der Waals surface area contributed by atoms with Gasteiger partial charge in [0.15, 0.2) is 10.0 Å². The minimum atomic E-state index is -4.24. The van der Waals surface area contributed by atoms with Crippen LogP contribution in [0.2, 0.25) is 0 Å². The molecule has 6 atom stereocenters. The van der Waals surface area contributed by atoms with E-state index in [1.165, 1.54) is 19.1 Å². The van der Waals surface area contributed by atoms with Crippen molar-refractivity contribution in [3.63, 3.8) is 0 Å². The largest absolute Gasteiger partial charge is 0.462 e. The van der Waals surface area contributed by atoms with Crippen molar-refractivity contribution in [2.24, 2.45) is 0 Å². The van der Waals surface area contributed by atoms with E-state index < -0.39 is 65.9 Å². The molecule has 0 spiro atoms. The molecule has 15 heteroatoms. The van der Waals surface area contributed by atoms with E-state index in [1.54, 1.807) is 32.0 Å². The SMILES string of the molecule is CC(C)OC(=O)C(C)N[P@](=O)(OC[C@H]1O[C@@H](n2ccc(=O)[nH]c2=O)[C@](Cl)(Br)[C@@H]1O)Oc1ccccc1. The number of ether oxygens (including phenoxy) is 2. The maximum atomic E-state index is 13.6. The summed E-state index contributed by atoms with van der Waals surface area (Å²) in [4.78, 5) is 38.0. The smallest absolute Gasteiger partial charge is 0.459 e. The van der Waals surface area contributed by atoms with Gasteiger partial charge in [-0.2, -0.15) is 5.09 Å². The number of nitrogens with one attached hydrogen (secondary N) is 2. The van der Waals surface area contributed by atoms with Crippen LogP contribution in [0.15, 0.2) is 52.2 Å². The van der Waals surface area contributed by atoms with Crippen LogP contribution < -0.4 is 20.9 Å². The van der Waals surface area contributed by atoms with E-state index in [2.05, 4.69) is 26.0 Å². The first-order chi connectivity index (χ1) is 16.8. The molecule has 0 radical (unpaired) electrons. The van der Waals surface area contributed by atoms with Gasteiger partial charge in [-0.1, -0.05) is 45.7 Å². The molecular formula is C21H26BrClN3O9P. The summed E-state index contributed by atoms with van der Waals surface area (Å²) in [6.45, 7) is 4.25. The molecule has 36 heavy (non-hydrogen) atoms. The Morgan fingerprint density at radius 3 is 2.58 bits per heavy atom. The highest BCUT2D eigenvalue weighted by atomic mass is 79.9. The van der Waals surface area contributed by atoms with E-state index in [1.807, 2.05) is 0 Å². The Morgan fingerprint density at radius 1 is 1.31 bits per heavy atom. The fourth-order valence-electron chi connectivity index (χ4n) is 3.22. The Labute approximate surface area is 219 Å². The van der Waals surface area contributed by atoms with Gasteiger partial charge in [0, 0.05) is 12.3 Å². The van der Waals surface area contributed by atoms with Gasteiger partial charge in [0.25, 0.3) is 5.56 Å². The van der Waals surface area contributed by atoms with Crippen LogP contribution in [0, 0.1) is 0 Å². The predicted octanol–water partition coefficient (Wildman–Crippen LogP) is 2.26. The molecule has 198 valence electrons. The van der Waals surface area contributed by atoms with Crippen LogP contribution in [0.25, 0.3) is 0 Å². The van der Waals surface area contributed by atoms with E-state index in [0.717, 1.165) is 16.8 Å². The molecule has 0 bridgehead atoms. The van der Waals surface area contributed by atoms with Gasteiger partial charge in [0.1, 0.15) is 24.0 Å². The third-order valence-electron chi connectivity index (χ3n) is 4.92. The van der Waals surface area contributed by atoms with Gasteiger partial charge in [-0.05, 0) is 32.9 Å². The van der Waals surface area contributed by atoms with Crippen molar-refractivity contribution in [3.8, 4) is 5.75 Å². The minimum absolute atomic E-state index is 0.190. The number of rotatable bonds is 10. The van der Waals surface area contributed by atoms with Crippen molar-refractivity contribution in [2.45, 2.75) is 55.1 Å². The van der Waals surface area contributed by atoms with E-state index in [0.29, 0.717) is 0 Å². The number of carbonyl (C=O) groups excluding carboxylic acids is 1. The predicted molar refractivity (Wildman–Crippen MR) is 133 cm³/mol. The van der Waals surface area contributed by atoms with Crippen LogP contribution in [-0.4, -0.2) is 55.4 Å². The number of carbonyl (C=O) groups is 1. The van der Waals surface area contributed by atoms with Gasteiger partial charge < -0.3 is 19.1 Å². The van der Waals surface area contributed by atoms with Crippen molar-refractivity contribution < 1.29 is 33.0 Å². The number of para-hydroxylation sites is 1. The molecule has 2 heterocycles. The third kappa shape index (κ3) is 6.86. The van der Waals surface area contributed by atoms with Crippen molar-refractivity contribution in [1.29, 1.82) is 0 Å². The van der Waals surface area contributed by atoms with Crippen LogP contribution in [-0.2, 0) is 23.4 Å². The Hall–Kier alpha value is -1.99. The van der Waals surface area contributed by atoms with Crippen LogP contribution in [0.1, 0.15) is 27.0 Å². The van der Waals surface area contributed by atoms with Gasteiger partial charge >= 0.3 is 19.4 Å². The van der Waals surface area contributed by atoms with E-state index in [-0.39, 0.29) is 5.75 Å². The molecule has 0 saturated carbocycles. The van der Waals surface area contributed by atoms with E-state index in [4.69, 9.17) is 30.1 Å². The van der Waals surface area contributed by atoms with E-state index >= 15 is 0 Å². The molecule has 2 aromatic rings. The lowest BCUT2D eigenvalue weighted by Gasteiger charge is -2.25. The molecule has 12 nitrogen and oxygen atoms in total. The second kappa shape index (κ2) is 11.6. The zero-order valence-corrected chi connectivity index (χ0v) is 22.7. The molecule has 1 fully saturated rings. The molecule has 1 aliphatic heterocycles. The Morgan fingerprint density at radius 2 is 1.97 bits per heavy atom. The number of benzene rings is 1. The monoisotopic (exact) mass is 609 g/mol. The van der Waals surface area contributed by atoms with Gasteiger partial charge in [-0.3, -0.25) is 23.7 Å². The summed E-state index contributed by atoms with van der Waals surface area (Å²) >= 11 is 9.60. The number of H-pyrrole nitrogens is 1.